The molecule has 1 fully saturated rings. The maximum atomic E-state index is 13.8. The van der Waals surface area contributed by atoms with E-state index in [0.717, 1.165) is 60.4 Å². The van der Waals surface area contributed by atoms with Crippen molar-refractivity contribution in [3.05, 3.63) is 59.9 Å². The summed E-state index contributed by atoms with van der Waals surface area (Å²) in [5, 5.41) is 19.2. The molecular formula is C36H46N8O7. The topological polar surface area (TPSA) is 164 Å². The maximum Gasteiger partial charge on any atom is 0.290 e. The van der Waals surface area contributed by atoms with Crippen LogP contribution >= 0.6 is 0 Å². The first-order valence-electron chi connectivity index (χ1n) is 17.0. The van der Waals surface area contributed by atoms with Crippen LogP contribution in [0.4, 0.5) is 5.82 Å². The molecule has 272 valence electrons. The zero-order valence-electron chi connectivity index (χ0n) is 29.6. The summed E-state index contributed by atoms with van der Waals surface area (Å²) >= 11 is 0. The van der Waals surface area contributed by atoms with Crippen molar-refractivity contribution in [2.75, 3.05) is 72.0 Å². The van der Waals surface area contributed by atoms with Crippen LogP contribution in [0, 0.1) is 5.92 Å². The van der Waals surface area contributed by atoms with E-state index in [2.05, 4.69) is 38.4 Å². The first kappa shape index (κ1) is 36.8. The van der Waals surface area contributed by atoms with Gasteiger partial charge in [0.1, 0.15) is 5.82 Å². The second kappa shape index (κ2) is 17.5. The number of nitrogens with zero attached hydrogens (tertiary/aromatic N) is 7. The van der Waals surface area contributed by atoms with Gasteiger partial charge in [0.25, 0.3) is 12.4 Å². The zero-order chi connectivity index (χ0) is 36.3. The monoisotopic (exact) mass is 702 g/mol. The molecule has 15 heteroatoms. The third-order valence-electron chi connectivity index (χ3n) is 9.24. The number of benzene rings is 2. The molecular weight excluding hydrogens is 656 g/mol. The van der Waals surface area contributed by atoms with Gasteiger partial charge in [-0.1, -0.05) is 30.3 Å². The molecule has 2 aromatic carbocycles. The second-order valence-corrected chi connectivity index (χ2v) is 12.3. The van der Waals surface area contributed by atoms with Crippen molar-refractivity contribution in [2.45, 2.75) is 32.7 Å². The number of carbonyl (C=O) groups is 3. The molecule has 1 saturated heterocycles. The van der Waals surface area contributed by atoms with Crippen LogP contribution < -0.4 is 24.4 Å². The molecule has 2 aromatic heterocycles. The largest absolute Gasteiger partial charge is 0.493 e. The summed E-state index contributed by atoms with van der Waals surface area (Å²) in [6.07, 6.45) is 3.86. The number of anilines is 1. The molecule has 51 heavy (non-hydrogen) atoms. The highest BCUT2D eigenvalue weighted by Crippen LogP contribution is 2.44. The molecule has 6 rings (SSSR count). The smallest absolute Gasteiger partial charge is 0.290 e. The first-order valence-corrected chi connectivity index (χ1v) is 17.0. The molecule has 1 unspecified atom stereocenters. The van der Waals surface area contributed by atoms with Crippen molar-refractivity contribution in [3.8, 4) is 22.9 Å². The summed E-state index contributed by atoms with van der Waals surface area (Å²) in [5.41, 5.74) is 2.85. The van der Waals surface area contributed by atoms with Crippen molar-refractivity contribution >= 4 is 35.0 Å². The molecule has 2 amide bonds. The minimum Gasteiger partial charge on any atom is -0.493 e. The Bertz CT molecular complexity index is 1800. The number of rotatable bonds is 6. The van der Waals surface area contributed by atoms with E-state index in [1.165, 1.54) is 0 Å². The van der Waals surface area contributed by atoms with Crippen molar-refractivity contribution in [1.82, 2.24) is 35.1 Å². The Balaban J connectivity index is 0.00000162. The van der Waals surface area contributed by atoms with Gasteiger partial charge in [0.15, 0.2) is 17.2 Å². The molecule has 2 N–H and O–H groups in total. The van der Waals surface area contributed by atoms with Gasteiger partial charge in [-0.25, -0.2) is 9.67 Å². The lowest BCUT2D eigenvalue weighted by atomic mass is 9.97. The number of para-hydroxylation sites is 1. The van der Waals surface area contributed by atoms with E-state index in [0.29, 0.717) is 43.4 Å². The maximum absolute atomic E-state index is 13.8. The Kier molecular flexibility index (Phi) is 12.6. The van der Waals surface area contributed by atoms with E-state index in [1.54, 1.807) is 37.1 Å². The number of amides is 2. The lowest BCUT2D eigenvalue weighted by Crippen LogP contribution is -2.42. The van der Waals surface area contributed by atoms with Crippen LogP contribution in [0.15, 0.2) is 48.7 Å². The summed E-state index contributed by atoms with van der Waals surface area (Å²) in [5.74, 6) is 2.49. The number of fused-ring (bicyclic) bond motifs is 5. The molecule has 4 heterocycles. The van der Waals surface area contributed by atoms with Gasteiger partial charge in [-0.3, -0.25) is 19.3 Å². The minimum atomic E-state index is -0.258. The highest BCUT2D eigenvalue weighted by atomic mass is 16.5. The lowest BCUT2D eigenvalue weighted by Gasteiger charge is -2.35. The average molecular weight is 703 g/mol. The third kappa shape index (κ3) is 8.66. The van der Waals surface area contributed by atoms with Crippen LogP contribution in [0.25, 0.3) is 16.6 Å². The summed E-state index contributed by atoms with van der Waals surface area (Å²) in [6.45, 7) is 6.71. The number of hydrogen-bond acceptors (Lipinski definition) is 11. The van der Waals surface area contributed by atoms with Crippen LogP contribution in [-0.2, 0) is 16.1 Å². The molecule has 0 saturated carbocycles. The van der Waals surface area contributed by atoms with E-state index in [4.69, 9.17) is 29.1 Å². The van der Waals surface area contributed by atoms with Gasteiger partial charge < -0.3 is 34.4 Å². The number of nitrogens with one attached hydrogen (secondary N) is 1. The first-order chi connectivity index (χ1) is 24.8. The third-order valence-corrected chi connectivity index (χ3v) is 9.24. The van der Waals surface area contributed by atoms with E-state index in [1.807, 2.05) is 36.4 Å². The number of carbonyl (C=O) groups excluding carboxylic acids is 2. The number of ether oxygens (including phenoxy) is 3. The van der Waals surface area contributed by atoms with Gasteiger partial charge in [0, 0.05) is 69.3 Å². The number of aromatic nitrogens is 4. The number of methoxy groups -OCH3 is 3. The molecule has 2 bridgehead atoms. The highest BCUT2D eigenvalue weighted by molar-refractivity contribution is 5.93. The molecule has 2 aliphatic rings. The van der Waals surface area contributed by atoms with Gasteiger partial charge in [0.2, 0.25) is 11.7 Å². The van der Waals surface area contributed by atoms with E-state index >= 15 is 0 Å². The average Bonchev–Trinajstić information content (AvgIpc) is 3.66. The Morgan fingerprint density at radius 2 is 1.80 bits per heavy atom. The fraction of sp³-hybridized carbons (Fsp3) is 0.444. The van der Waals surface area contributed by atoms with Crippen molar-refractivity contribution < 1.29 is 33.7 Å². The molecule has 0 radical (unpaired) electrons. The van der Waals surface area contributed by atoms with E-state index in [-0.39, 0.29) is 42.9 Å². The van der Waals surface area contributed by atoms with Crippen molar-refractivity contribution in [2.24, 2.45) is 5.92 Å². The molecule has 0 spiro atoms. The normalized spacial score (nSPS) is 17.2. The summed E-state index contributed by atoms with van der Waals surface area (Å²) in [7, 11) is 4.83. The Morgan fingerprint density at radius 3 is 2.51 bits per heavy atom. The number of carboxylic acid groups (broad SMARTS) is 1. The Labute approximate surface area is 297 Å². The summed E-state index contributed by atoms with van der Waals surface area (Å²) < 4.78 is 18.8. The SMILES string of the molecule is CCN1CCN(C(=O)c2cn(-c3ccccc3)nn2)CCC(=O)NCC2CCCN(C2)c2nc3cc(OC)c(OC)c(OC)c3cc2C1.O=CO. The fourth-order valence-electron chi connectivity index (χ4n) is 6.62. The number of hydrogen-bond donors (Lipinski definition) is 2. The Morgan fingerprint density at radius 1 is 1.04 bits per heavy atom. The van der Waals surface area contributed by atoms with Crippen molar-refractivity contribution in [1.29, 1.82) is 0 Å². The van der Waals surface area contributed by atoms with E-state index in [9.17, 15) is 9.59 Å². The molecule has 0 aliphatic carbocycles. The van der Waals surface area contributed by atoms with Gasteiger partial charge in [-0.2, -0.15) is 0 Å². The van der Waals surface area contributed by atoms with Crippen LogP contribution in [0.2, 0.25) is 0 Å². The van der Waals surface area contributed by atoms with Crippen LogP contribution in [0.1, 0.15) is 42.2 Å². The predicted molar refractivity (Wildman–Crippen MR) is 191 cm³/mol. The van der Waals surface area contributed by atoms with Crippen LogP contribution in [-0.4, -0.2) is 120 Å². The fourth-order valence-corrected chi connectivity index (χ4v) is 6.62. The molecule has 4 aromatic rings. The van der Waals surface area contributed by atoms with Crippen LogP contribution in [0.5, 0.6) is 17.2 Å². The van der Waals surface area contributed by atoms with Gasteiger partial charge in [-0.05, 0) is 43.5 Å². The second-order valence-electron chi connectivity index (χ2n) is 12.3. The Hall–Kier alpha value is -5.44. The quantitative estimate of drug-likeness (QED) is 0.283. The summed E-state index contributed by atoms with van der Waals surface area (Å²) in [4.78, 5) is 46.8. The highest BCUT2D eigenvalue weighted by Gasteiger charge is 2.28. The standard InChI is InChI=1S/C35H44N8O5.CH2O2/c1-5-40-16-17-41(35(45)29-23-43(39-38-29)26-11-7-6-8-12-26)15-13-31(44)36-20-24-10-9-14-42(21-24)34-25(22-40)18-27-28(37-34)19-30(46-2)33(48-4)32(27)47-3;2-1-3/h6-8,11-12,18-19,23-24H,5,9-10,13-17,20-22H2,1-4H3,(H,36,44);1H,(H,2,3). The van der Waals surface area contributed by atoms with Crippen molar-refractivity contribution in [3.63, 3.8) is 0 Å². The lowest BCUT2D eigenvalue weighted by molar-refractivity contribution is -0.123. The molecule has 15 nitrogen and oxygen atoms in total. The zero-order valence-corrected chi connectivity index (χ0v) is 29.6. The number of pyridine rings is 1. The summed E-state index contributed by atoms with van der Waals surface area (Å²) in [6, 6.07) is 13.6. The van der Waals surface area contributed by atoms with Gasteiger partial charge in [-0.15, -0.1) is 5.10 Å². The molecule has 1 atom stereocenters. The van der Waals surface area contributed by atoms with Gasteiger partial charge in [0.05, 0.1) is 38.7 Å². The van der Waals surface area contributed by atoms with Crippen LogP contribution in [0.3, 0.4) is 0 Å². The minimum absolute atomic E-state index is 0.0715. The predicted octanol–water partition coefficient (Wildman–Crippen LogP) is 3.24. The van der Waals surface area contributed by atoms with E-state index < -0.39 is 0 Å². The number of piperidine rings is 1. The number of likely N-dealkylation sites (N-methyl/N-ethyl adjacent to an activating group) is 1. The van der Waals surface area contributed by atoms with Gasteiger partial charge >= 0.3 is 0 Å². The molecule has 2 aliphatic heterocycles.